The molecule has 0 radical (unpaired) electrons. The lowest BCUT2D eigenvalue weighted by Crippen LogP contribution is -2.02. The maximum Gasteiger partial charge on any atom is 0.277 e. The topological polar surface area (TPSA) is 74.5 Å². The van der Waals surface area contributed by atoms with Crippen LogP contribution in [0.1, 0.15) is 21.8 Å². The lowest BCUT2D eigenvalue weighted by molar-refractivity contribution is 0.102. The van der Waals surface area contributed by atoms with Gasteiger partial charge in [-0.15, -0.1) is 10.2 Å². The van der Waals surface area contributed by atoms with Crippen LogP contribution >= 0.6 is 11.8 Å². The monoisotopic (exact) mass is 370 g/mol. The molecular weight excluding hydrogens is 352 g/mol. The smallest absolute Gasteiger partial charge is 0.277 e. The van der Waals surface area contributed by atoms with Gasteiger partial charge < -0.3 is 13.9 Å². The Bertz CT molecular complexity index is 895. The van der Waals surface area contributed by atoms with E-state index >= 15 is 0 Å². The summed E-state index contributed by atoms with van der Waals surface area (Å²) in [6.45, 7) is 2.18. The lowest BCUT2D eigenvalue weighted by Gasteiger charge is -2.03. The number of thioether (sulfide) groups is 1. The molecule has 134 valence electrons. The summed E-state index contributed by atoms with van der Waals surface area (Å²) < 4.78 is 16.3. The summed E-state index contributed by atoms with van der Waals surface area (Å²) in [5.74, 6) is 1.92. The summed E-state index contributed by atoms with van der Waals surface area (Å²) in [7, 11) is 1.57. The van der Waals surface area contributed by atoms with Crippen LogP contribution in [0.5, 0.6) is 11.5 Å². The van der Waals surface area contributed by atoms with Crippen molar-refractivity contribution in [2.24, 2.45) is 0 Å². The first kappa shape index (κ1) is 18.0. The predicted octanol–water partition coefficient (Wildman–Crippen LogP) is 3.94. The molecule has 26 heavy (non-hydrogen) atoms. The fraction of sp³-hybridized carbons (Fsp3) is 0.211. The molecule has 0 atom stereocenters. The van der Waals surface area contributed by atoms with Crippen molar-refractivity contribution in [3.05, 3.63) is 65.5 Å². The molecular formula is C19H18N2O4S. The minimum atomic E-state index is -0.0374. The van der Waals surface area contributed by atoms with Crippen molar-refractivity contribution in [2.75, 3.05) is 12.9 Å². The number of nitrogens with zero attached hydrogens (tertiary/aromatic N) is 2. The van der Waals surface area contributed by atoms with E-state index in [1.807, 2.05) is 31.2 Å². The zero-order chi connectivity index (χ0) is 18.4. The van der Waals surface area contributed by atoms with Gasteiger partial charge in [-0.25, -0.2) is 0 Å². The SMILES string of the molecule is COc1cccc(C(=O)CSc2nnc(COc3cccc(C)c3)o2)c1. The zero-order valence-corrected chi connectivity index (χ0v) is 15.3. The van der Waals surface area contributed by atoms with Crippen LogP contribution in [0.3, 0.4) is 0 Å². The number of carbonyl (C=O) groups excluding carboxylic acids is 1. The van der Waals surface area contributed by atoms with E-state index in [2.05, 4.69) is 10.2 Å². The number of hydrogen-bond donors (Lipinski definition) is 0. The molecule has 7 heteroatoms. The molecule has 3 aromatic rings. The van der Waals surface area contributed by atoms with Gasteiger partial charge in [-0.2, -0.15) is 0 Å². The molecule has 1 aromatic heterocycles. The predicted molar refractivity (Wildman–Crippen MR) is 97.9 cm³/mol. The second-order valence-electron chi connectivity index (χ2n) is 5.51. The van der Waals surface area contributed by atoms with Crippen LogP contribution in [-0.2, 0) is 6.61 Å². The molecule has 0 fully saturated rings. The van der Waals surface area contributed by atoms with Crippen molar-refractivity contribution in [1.29, 1.82) is 0 Å². The standard InChI is InChI=1S/C19H18N2O4S/c1-13-5-3-8-16(9-13)24-11-18-20-21-19(25-18)26-12-17(22)14-6-4-7-15(10-14)23-2/h3-10H,11-12H2,1-2H3. The van der Waals surface area contributed by atoms with E-state index in [0.29, 0.717) is 22.4 Å². The van der Waals surface area contributed by atoms with Gasteiger partial charge in [-0.1, -0.05) is 36.0 Å². The van der Waals surface area contributed by atoms with Gasteiger partial charge in [0.25, 0.3) is 11.1 Å². The first-order valence-corrected chi connectivity index (χ1v) is 8.94. The number of Topliss-reactive ketones (excluding diaryl/α,β-unsaturated/α-hetero) is 1. The number of hydrogen-bond acceptors (Lipinski definition) is 7. The van der Waals surface area contributed by atoms with E-state index in [4.69, 9.17) is 13.9 Å². The fourth-order valence-corrected chi connectivity index (χ4v) is 2.89. The van der Waals surface area contributed by atoms with Crippen LogP contribution in [0.25, 0.3) is 0 Å². The highest BCUT2D eigenvalue weighted by molar-refractivity contribution is 7.99. The number of benzene rings is 2. The third kappa shape index (κ3) is 4.86. The highest BCUT2D eigenvalue weighted by Crippen LogP contribution is 2.21. The van der Waals surface area contributed by atoms with Gasteiger partial charge in [0.1, 0.15) is 11.5 Å². The Balaban J connectivity index is 1.52. The number of aromatic nitrogens is 2. The summed E-state index contributed by atoms with van der Waals surface area (Å²) in [6.07, 6.45) is 0. The molecule has 6 nitrogen and oxygen atoms in total. The van der Waals surface area contributed by atoms with Crippen molar-refractivity contribution < 1.29 is 18.7 Å². The molecule has 0 unspecified atom stereocenters. The number of aryl methyl sites for hydroxylation is 1. The zero-order valence-electron chi connectivity index (χ0n) is 14.5. The molecule has 0 saturated heterocycles. The van der Waals surface area contributed by atoms with Crippen molar-refractivity contribution in [1.82, 2.24) is 10.2 Å². The van der Waals surface area contributed by atoms with Crippen molar-refractivity contribution >= 4 is 17.5 Å². The van der Waals surface area contributed by atoms with E-state index in [1.165, 1.54) is 11.8 Å². The molecule has 0 spiro atoms. The molecule has 0 aliphatic heterocycles. The Labute approximate surface area is 155 Å². The molecule has 0 aliphatic rings. The highest BCUT2D eigenvalue weighted by atomic mass is 32.2. The first-order valence-electron chi connectivity index (χ1n) is 7.96. The largest absolute Gasteiger partial charge is 0.497 e. The number of rotatable bonds is 8. The van der Waals surface area contributed by atoms with E-state index < -0.39 is 0 Å². The number of ether oxygens (including phenoxy) is 2. The number of methoxy groups -OCH3 is 1. The summed E-state index contributed by atoms with van der Waals surface area (Å²) in [5.41, 5.74) is 1.69. The van der Waals surface area contributed by atoms with Crippen LogP contribution in [0.4, 0.5) is 0 Å². The quantitative estimate of drug-likeness (QED) is 0.439. The molecule has 0 bridgehead atoms. The number of carbonyl (C=O) groups is 1. The van der Waals surface area contributed by atoms with Crippen LogP contribution in [0, 0.1) is 6.92 Å². The van der Waals surface area contributed by atoms with Crippen molar-refractivity contribution in [3.63, 3.8) is 0 Å². The molecule has 0 aliphatic carbocycles. The fourth-order valence-electron chi connectivity index (χ4n) is 2.21. The van der Waals surface area contributed by atoms with E-state index in [9.17, 15) is 4.79 Å². The third-order valence-electron chi connectivity index (χ3n) is 3.52. The van der Waals surface area contributed by atoms with Crippen LogP contribution < -0.4 is 9.47 Å². The van der Waals surface area contributed by atoms with Crippen molar-refractivity contribution in [3.8, 4) is 11.5 Å². The first-order chi connectivity index (χ1) is 12.6. The lowest BCUT2D eigenvalue weighted by atomic mass is 10.1. The summed E-state index contributed by atoms with van der Waals surface area (Å²) in [4.78, 5) is 12.2. The van der Waals surface area contributed by atoms with E-state index in [1.54, 1.807) is 31.4 Å². The average molecular weight is 370 g/mol. The van der Waals surface area contributed by atoms with Gasteiger partial charge >= 0.3 is 0 Å². The van der Waals surface area contributed by atoms with Gasteiger partial charge in [-0.3, -0.25) is 4.79 Å². The molecule has 3 rings (SSSR count). The molecule has 0 amide bonds. The maximum absolute atomic E-state index is 12.2. The third-order valence-corrected chi connectivity index (χ3v) is 4.34. The van der Waals surface area contributed by atoms with Gasteiger partial charge in [0.15, 0.2) is 12.4 Å². The molecule has 0 N–H and O–H groups in total. The van der Waals surface area contributed by atoms with Crippen LogP contribution in [0.15, 0.2) is 58.2 Å². The summed E-state index contributed by atoms with van der Waals surface area (Å²) >= 11 is 1.20. The second kappa shape index (κ2) is 8.53. The van der Waals surface area contributed by atoms with E-state index in [0.717, 1.165) is 11.3 Å². The maximum atomic E-state index is 12.2. The normalized spacial score (nSPS) is 10.5. The minimum Gasteiger partial charge on any atom is -0.497 e. The Morgan fingerprint density at radius 2 is 1.92 bits per heavy atom. The Morgan fingerprint density at radius 3 is 2.73 bits per heavy atom. The minimum absolute atomic E-state index is 0.0374. The number of ketones is 1. The van der Waals surface area contributed by atoms with E-state index in [-0.39, 0.29) is 18.1 Å². The molecule has 0 saturated carbocycles. The summed E-state index contributed by atoms with van der Waals surface area (Å²) in [6, 6.07) is 14.7. The van der Waals surface area contributed by atoms with Crippen LogP contribution in [-0.4, -0.2) is 28.8 Å². The second-order valence-corrected chi connectivity index (χ2v) is 6.44. The van der Waals surface area contributed by atoms with Gasteiger partial charge in [0.05, 0.1) is 12.9 Å². The average Bonchev–Trinajstić information content (AvgIpc) is 3.12. The van der Waals surface area contributed by atoms with Gasteiger partial charge in [0.2, 0.25) is 0 Å². The van der Waals surface area contributed by atoms with Crippen molar-refractivity contribution in [2.45, 2.75) is 18.8 Å². The Morgan fingerprint density at radius 1 is 1.12 bits per heavy atom. The highest BCUT2D eigenvalue weighted by Gasteiger charge is 2.12. The van der Waals surface area contributed by atoms with Gasteiger partial charge in [0, 0.05) is 5.56 Å². The Hall–Kier alpha value is -2.80. The Kier molecular flexibility index (Phi) is 5.91. The molecule has 1 heterocycles. The van der Waals surface area contributed by atoms with Gasteiger partial charge in [-0.05, 0) is 36.8 Å². The molecule has 2 aromatic carbocycles. The summed E-state index contributed by atoms with van der Waals surface area (Å²) in [5, 5.41) is 8.21. The van der Waals surface area contributed by atoms with Crippen LogP contribution in [0.2, 0.25) is 0 Å².